The fourth-order valence-corrected chi connectivity index (χ4v) is 2.42. The number of carbonyl (C=O) groups excluding carboxylic acids is 1. The summed E-state index contributed by atoms with van der Waals surface area (Å²) < 4.78 is 39.8. The Hall–Kier alpha value is -2.22. The van der Waals surface area contributed by atoms with E-state index in [1.54, 1.807) is 13.8 Å². The van der Waals surface area contributed by atoms with Crippen molar-refractivity contribution in [1.29, 1.82) is 0 Å². The molecule has 130 valence electrons. The summed E-state index contributed by atoms with van der Waals surface area (Å²) in [6.45, 7) is 3.60. The van der Waals surface area contributed by atoms with Crippen molar-refractivity contribution in [2.24, 2.45) is 0 Å². The number of nitrogens with zero attached hydrogens (tertiary/aromatic N) is 1. The maximum absolute atomic E-state index is 12.8. The number of anilines is 1. The maximum atomic E-state index is 12.8. The van der Waals surface area contributed by atoms with Crippen LogP contribution in [0.1, 0.15) is 23.4 Å². The van der Waals surface area contributed by atoms with Crippen LogP contribution < -0.4 is 11.0 Å². The molecule has 1 amide bonds. The molecule has 1 aromatic heterocycles. The fourth-order valence-electron chi connectivity index (χ4n) is 2.20. The fraction of sp³-hybridized carbons (Fsp3) is 0.333. The Labute approximate surface area is 140 Å². The third-order valence-electron chi connectivity index (χ3n) is 3.61. The summed E-state index contributed by atoms with van der Waals surface area (Å²) in [5, 5.41) is 1.94. The molecule has 0 saturated carbocycles. The minimum atomic E-state index is -4.61. The second-order valence-electron chi connectivity index (χ2n) is 5.28. The van der Waals surface area contributed by atoms with Crippen molar-refractivity contribution < 1.29 is 18.0 Å². The molecular formula is C15H15ClF3N3O2. The molecule has 0 spiro atoms. The van der Waals surface area contributed by atoms with Gasteiger partial charge in [-0.2, -0.15) is 13.2 Å². The number of H-pyrrole nitrogens is 1. The highest BCUT2D eigenvalue weighted by Crippen LogP contribution is 2.36. The van der Waals surface area contributed by atoms with Crippen molar-refractivity contribution in [3.05, 3.63) is 50.7 Å². The molecule has 24 heavy (non-hydrogen) atoms. The number of hydrogen-bond acceptors (Lipinski definition) is 2. The molecule has 5 nitrogen and oxygen atoms in total. The Morgan fingerprint density at radius 3 is 2.54 bits per heavy atom. The number of hydrogen-bond donors (Lipinski definition) is 2. The zero-order chi connectivity index (χ0) is 18.1. The van der Waals surface area contributed by atoms with Crippen molar-refractivity contribution in [1.82, 2.24) is 9.55 Å². The van der Waals surface area contributed by atoms with E-state index in [0.29, 0.717) is 11.4 Å². The summed E-state index contributed by atoms with van der Waals surface area (Å²) in [6.07, 6.45) is -4.66. The van der Waals surface area contributed by atoms with E-state index >= 15 is 0 Å². The van der Waals surface area contributed by atoms with Gasteiger partial charge in [-0.1, -0.05) is 11.6 Å². The first-order valence-electron chi connectivity index (χ1n) is 7.02. The Kier molecular flexibility index (Phi) is 5.08. The molecule has 9 heteroatoms. The lowest BCUT2D eigenvalue weighted by molar-refractivity contribution is -0.137. The van der Waals surface area contributed by atoms with Gasteiger partial charge in [0.1, 0.15) is 0 Å². The van der Waals surface area contributed by atoms with Crippen LogP contribution in [0.3, 0.4) is 0 Å². The van der Waals surface area contributed by atoms with Crippen molar-refractivity contribution in [3.8, 4) is 0 Å². The second-order valence-corrected chi connectivity index (χ2v) is 5.69. The Bertz CT molecular complexity index is 824. The highest BCUT2D eigenvalue weighted by Gasteiger charge is 2.33. The van der Waals surface area contributed by atoms with Crippen LogP contribution in [0, 0.1) is 13.8 Å². The summed E-state index contributed by atoms with van der Waals surface area (Å²) in [4.78, 5) is 26.2. The number of carbonyl (C=O) groups is 1. The van der Waals surface area contributed by atoms with Gasteiger partial charge in [0.05, 0.1) is 10.6 Å². The number of nitrogens with one attached hydrogen (secondary N) is 2. The van der Waals surface area contributed by atoms with Gasteiger partial charge in [-0.05, 0) is 32.0 Å². The van der Waals surface area contributed by atoms with Gasteiger partial charge in [-0.3, -0.25) is 9.36 Å². The van der Waals surface area contributed by atoms with Crippen LogP contribution in [0.25, 0.3) is 0 Å². The second kappa shape index (κ2) is 6.72. The van der Waals surface area contributed by atoms with Crippen molar-refractivity contribution in [2.75, 3.05) is 5.32 Å². The molecule has 0 fully saturated rings. The molecule has 0 aliphatic rings. The molecule has 2 N–H and O–H groups in total. The molecule has 0 bridgehead atoms. The number of aromatic amines is 1. The summed E-state index contributed by atoms with van der Waals surface area (Å²) in [5.41, 5.74) is 0.0524. The molecule has 0 saturated heterocycles. The highest BCUT2D eigenvalue weighted by molar-refractivity contribution is 6.31. The van der Waals surface area contributed by atoms with Gasteiger partial charge in [0.25, 0.3) is 0 Å². The Balaban J connectivity index is 2.06. The molecule has 2 aromatic rings. The molecule has 2 rings (SSSR count). The number of aryl methyl sites for hydroxylation is 1. The topological polar surface area (TPSA) is 66.9 Å². The van der Waals surface area contributed by atoms with Gasteiger partial charge in [-0.25, -0.2) is 4.79 Å². The van der Waals surface area contributed by atoms with Gasteiger partial charge < -0.3 is 10.3 Å². The van der Waals surface area contributed by atoms with Crippen LogP contribution in [0.4, 0.5) is 18.9 Å². The first-order chi connectivity index (χ1) is 11.1. The number of aromatic nitrogens is 2. The first kappa shape index (κ1) is 18.1. The minimum absolute atomic E-state index is 0.00829. The number of alkyl halides is 3. The van der Waals surface area contributed by atoms with Crippen molar-refractivity contribution in [2.45, 2.75) is 33.0 Å². The summed E-state index contributed by atoms with van der Waals surface area (Å²) >= 11 is 5.52. The van der Waals surface area contributed by atoms with Gasteiger partial charge in [0.15, 0.2) is 0 Å². The minimum Gasteiger partial charge on any atom is -0.326 e. The zero-order valence-corrected chi connectivity index (χ0v) is 13.7. The van der Waals surface area contributed by atoms with E-state index in [9.17, 15) is 22.8 Å². The van der Waals surface area contributed by atoms with E-state index in [0.717, 1.165) is 12.1 Å². The Morgan fingerprint density at radius 2 is 2.00 bits per heavy atom. The molecule has 0 aliphatic heterocycles. The van der Waals surface area contributed by atoms with Gasteiger partial charge >= 0.3 is 11.9 Å². The lowest BCUT2D eigenvalue weighted by Crippen LogP contribution is -2.22. The van der Waals surface area contributed by atoms with E-state index in [2.05, 4.69) is 10.3 Å². The number of amides is 1. The van der Waals surface area contributed by atoms with E-state index in [4.69, 9.17) is 11.6 Å². The number of rotatable bonds is 4. The third-order valence-corrected chi connectivity index (χ3v) is 3.93. The van der Waals surface area contributed by atoms with Crippen LogP contribution in [-0.4, -0.2) is 15.5 Å². The summed E-state index contributed by atoms with van der Waals surface area (Å²) in [6, 6.07) is 3.13. The number of benzene rings is 1. The molecule has 0 radical (unpaired) electrons. The average Bonchev–Trinajstić information content (AvgIpc) is 2.71. The monoisotopic (exact) mass is 361 g/mol. The third kappa shape index (κ3) is 4.00. The smallest absolute Gasteiger partial charge is 0.326 e. The maximum Gasteiger partial charge on any atom is 0.417 e. The molecule has 1 aromatic carbocycles. The van der Waals surface area contributed by atoms with E-state index in [1.807, 2.05) is 0 Å². The van der Waals surface area contributed by atoms with Gasteiger partial charge in [-0.15, -0.1) is 0 Å². The van der Waals surface area contributed by atoms with Crippen LogP contribution >= 0.6 is 11.6 Å². The predicted molar refractivity (Wildman–Crippen MR) is 84.2 cm³/mol. The molecule has 0 aliphatic carbocycles. The molecule has 1 heterocycles. The van der Waals surface area contributed by atoms with Crippen LogP contribution in [-0.2, 0) is 17.5 Å². The number of halogens is 4. The number of imidazole rings is 1. The SMILES string of the molecule is Cc1[nH]c(=O)n(CCC(=O)Nc2ccc(Cl)c(C(F)(F)F)c2)c1C. The van der Waals surface area contributed by atoms with Crippen LogP contribution in [0.5, 0.6) is 0 Å². The summed E-state index contributed by atoms with van der Waals surface area (Å²) in [5.74, 6) is -0.504. The van der Waals surface area contributed by atoms with Crippen molar-refractivity contribution in [3.63, 3.8) is 0 Å². The van der Waals surface area contributed by atoms with E-state index < -0.39 is 22.7 Å². The molecule has 0 unspecified atom stereocenters. The zero-order valence-electron chi connectivity index (χ0n) is 12.9. The first-order valence-corrected chi connectivity index (χ1v) is 7.40. The van der Waals surface area contributed by atoms with E-state index in [1.165, 1.54) is 10.6 Å². The van der Waals surface area contributed by atoms with Gasteiger partial charge in [0, 0.05) is 30.0 Å². The molecule has 0 atom stereocenters. The Morgan fingerprint density at radius 1 is 1.33 bits per heavy atom. The van der Waals surface area contributed by atoms with Gasteiger partial charge in [0.2, 0.25) is 5.91 Å². The normalized spacial score (nSPS) is 11.6. The van der Waals surface area contributed by atoms with Crippen LogP contribution in [0.15, 0.2) is 23.0 Å². The quantitative estimate of drug-likeness (QED) is 0.875. The predicted octanol–water partition coefficient (Wildman–Crippen LogP) is 3.49. The van der Waals surface area contributed by atoms with E-state index in [-0.39, 0.29) is 24.3 Å². The van der Waals surface area contributed by atoms with Crippen LogP contribution in [0.2, 0.25) is 5.02 Å². The average molecular weight is 362 g/mol. The molecular weight excluding hydrogens is 347 g/mol. The largest absolute Gasteiger partial charge is 0.417 e. The lowest BCUT2D eigenvalue weighted by atomic mass is 10.2. The highest BCUT2D eigenvalue weighted by atomic mass is 35.5. The lowest BCUT2D eigenvalue weighted by Gasteiger charge is -2.12. The summed E-state index contributed by atoms with van der Waals surface area (Å²) in [7, 11) is 0. The van der Waals surface area contributed by atoms with Crippen molar-refractivity contribution >= 4 is 23.2 Å². The standard InChI is InChI=1S/C15H15ClF3N3O2/c1-8-9(2)22(14(24)20-8)6-5-13(23)21-10-3-4-12(16)11(7-10)15(17,18)19/h3-4,7H,5-6H2,1-2H3,(H,20,24)(H,21,23).